The first-order valence-electron chi connectivity index (χ1n) is 6.56. The highest BCUT2D eigenvalue weighted by Gasteiger charge is 2.44. The molecule has 0 aromatic rings. The number of aliphatic hydroxyl groups is 3. The fourth-order valence-electron chi connectivity index (χ4n) is 1.61. The maximum atomic E-state index is 9.89. The van der Waals surface area contributed by atoms with Crippen LogP contribution in [0.15, 0.2) is 0 Å². The zero-order valence-corrected chi connectivity index (χ0v) is 13.3. The minimum absolute atomic E-state index is 0.0419. The highest BCUT2D eigenvalue weighted by molar-refractivity contribution is 6.74. The Morgan fingerprint density at radius 1 is 1.16 bits per heavy atom. The van der Waals surface area contributed by atoms with Gasteiger partial charge in [-0.2, -0.15) is 0 Å². The van der Waals surface area contributed by atoms with Gasteiger partial charge in [-0.1, -0.05) is 20.8 Å². The van der Waals surface area contributed by atoms with Crippen LogP contribution in [0.2, 0.25) is 18.1 Å². The fourth-order valence-corrected chi connectivity index (χ4v) is 2.63. The highest BCUT2D eigenvalue weighted by atomic mass is 28.4. The number of aliphatic hydroxyl groups excluding tert-OH is 3. The van der Waals surface area contributed by atoms with Crippen LogP contribution in [0.25, 0.3) is 0 Å². The molecule has 0 aliphatic carbocycles. The molecular formula is C12H27NO5Si. The molecule has 0 bridgehead atoms. The van der Waals surface area contributed by atoms with Crippen LogP contribution < -0.4 is 5.73 Å². The molecule has 0 aromatic carbocycles. The number of nitrogens with two attached hydrogens (primary N) is 1. The summed E-state index contributed by atoms with van der Waals surface area (Å²) >= 11 is 0. The van der Waals surface area contributed by atoms with Gasteiger partial charge in [0.15, 0.2) is 14.6 Å². The number of hydrogen-bond acceptors (Lipinski definition) is 6. The Hall–Kier alpha value is -0.0231. The summed E-state index contributed by atoms with van der Waals surface area (Å²) in [4.78, 5) is 0. The standard InChI is InChI=1S/C12H27NO5Si/c1-12(2,3)19(4,5)17-6-7-9(14)10(15)8(13)11(16)18-7/h7-11,14-16H,6,13H2,1-5H3/t7?,8?,9-,10+,11+/m0/s1. The number of hydrogen-bond donors (Lipinski definition) is 4. The molecule has 0 spiro atoms. The van der Waals surface area contributed by atoms with Crippen LogP contribution in [-0.2, 0) is 9.16 Å². The molecule has 5 atom stereocenters. The summed E-state index contributed by atoms with van der Waals surface area (Å²) < 4.78 is 11.1. The molecule has 0 amide bonds. The Morgan fingerprint density at radius 2 is 1.68 bits per heavy atom. The smallest absolute Gasteiger partial charge is 0.192 e. The normalized spacial score (nSPS) is 37.4. The van der Waals surface area contributed by atoms with Gasteiger partial charge in [-0.05, 0) is 18.1 Å². The van der Waals surface area contributed by atoms with E-state index in [1.807, 2.05) is 0 Å². The summed E-state index contributed by atoms with van der Waals surface area (Å²) in [5.74, 6) is 0. The van der Waals surface area contributed by atoms with Crippen molar-refractivity contribution < 1.29 is 24.5 Å². The average molecular weight is 293 g/mol. The topological polar surface area (TPSA) is 105 Å². The summed E-state index contributed by atoms with van der Waals surface area (Å²) in [6.07, 6.45) is -4.41. The minimum atomic E-state index is -1.97. The van der Waals surface area contributed by atoms with Crippen molar-refractivity contribution in [2.75, 3.05) is 6.61 Å². The van der Waals surface area contributed by atoms with Crippen LogP contribution in [0.3, 0.4) is 0 Å². The second-order valence-electron chi connectivity index (χ2n) is 6.69. The van der Waals surface area contributed by atoms with Crippen molar-refractivity contribution in [1.82, 2.24) is 0 Å². The van der Waals surface area contributed by atoms with Crippen LogP contribution in [0.5, 0.6) is 0 Å². The monoisotopic (exact) mass is 293 g/mol. The Morgan fingerprint density at radius 3 is 2.16 bits per heavy atom. The van der Waals surface area contributed by atoms with E-state index in [0.717, 1.165) is 0 Å². The second kappa shape index (κ2) is 5.77. The molecule has 1 rings (SSSR count). The molecule has 1 aliphatic heterocycles. The third kappa shape index (κ3) is 3.75. The summed E-state index contributed by atoms with van der Waals surface area (Å²) in [6.45, 7) is 10.6. The van der Waals surface area contributed by atoms with E-state index in [-0.39, 0.29) is 11.6 Å². The molecule has 0 radical (unpaired) electrons. The largest absolute Gasteiger partial charge is 0.414 e. The van der Waals surface area contributed by atoms with Crippen LogP contribution in [0, 0.1) is 0 Å². The molecule has 5 N–H and O–H groups in total. The molecule has 1 fully saturated rings. The van der Waals surface area contributed by atoms with E-state index in [0.29, 0.717) is 0 Å². The molecule has 114 valence electrons. The quantitative estimate of drug-likeness (QED) is 0.536. The van der Waals surface area contributed by atoms with Gasteiger partial charge in [0.05, 0.1) is 12.6 Å². The zero-order chi connectivity index (χ0) is 15.0. The molecule has 0 aromatic heterocycles. The lowest BCUT2D eigenvalue weighted by Crippen LogP contribution is -2.62. The SMILES string of the molecule is CC(C)(C)[Si](C)(C)OCC1O[C@@H](O)C(N)[C@@H](O)[C@H]1O. The van der Waals surface area contributed by atoms with Gasteiger partial charge in [0.2, 0.25) is 0 Å². The summed E-state index contributed by atoms with van der Waals surface area (Å²) in [7, 11) is -1.97. The molecule has 1 saturated heterocycles. The van der Waals surface area contributed by atoms with E-state index in [1.54, 1.807) is 0 Å². The molecule has 6 nitrogen and oxygen atoms in total. The second-order valence-corrected chi connectivity index (χ2v) is 11.5. The summed E-state index contributed by atoms with van der Waals surface area (Å²) in [5, 5.41) is 29.2. The Balaban J connectivity index is 2.63. The molecule has 1 aliphatic rings. The van der Waals surface area contributed by atoms with Crippen molar-refractivity contribution in [3.8, 4) is 0 Å². The van der Waals surface area contributed by atoms with Gasteiger partial charge >= 0.3 is 0 Å². The maximum Gasteiger partial charge on any atom is 0.192 e. The van der Waals surface area contributed by atoms with Crippen molar-refractivity contribution in [2.24, 2.45) is 5.73 Å². The van der Waals surface area contributed by atoms with Crippen LogP contribution >= 0.6 is 0 Å². The Labute approximate surface area is 115 Å². The summed E-state index contributed by atoms with van der Waals surface area (Å²) in [5.41, 5.74) is 5.51. The molecule has 0 saturated carbocycles. The van der Waals surface area contributed by atoms with E-state index in [4.69, 9.17) is 14.9 Å². The lowest BCUT2D eigenvalue weighted by Gasteiger charge is -2.42. The third-order valence-corrected chi connectivity index (χ3v) is 8.68. The van der Waals surface area contributed by atoms with Crippen molar-refractivity contribution in [1.29, 1.82) is 0 Å². The van der Waals surface area contributed by atoms with E-state index >= 15 is 0 Å². The van der Waals surface area contributed by atoms with Crippen molar-refractivity contribution in [2.45, 2.75) is 69.5 Å². The third-order valence-electron chi connectivity index (χ3n) is 4.18. The van der Waals surface area contributed by atoms with Gasteiger partial charge in [-0.25, -0.2) is 0 Å². The number of rotatable bonds is 3. The van der Waals surface area contributed by atoms with Gasteiger partial charge in [-0.3, -0.25) is 0 Å². The van der Waals surface area contributed by atoms with E-state index in [2.05, 4.69) is 33.9 Å². The van der Waals surface area contributed by atoms with E-state index < -0.39 is 39.0 Å². The summed E-state index contributed by atoms with van der Waals surface area (Å²) in [6, 6.07) is -1.00. The lowest BCUT2D eigenvalue weighted by atomic mass is 9.98. The van der Waals surface area contributed by atoms with E-state index in [1.165, 1.54) is 0 Å². The fraction of sp³-hybridized carbons (Fsp3) is 1.00. The molecule has 1 heterocycles. The molecular weight excluding hydrogens is 266 g/mol. The van der Waals surface area contributed by atoms with Crippen molar-refractivity contribution in [3.05, 3.63) is 0 Å². The predicted molar refractivity (Wildman–Crippen MR) is 74.0 cm³/mol. The van der Waals surface area contributed by atoms with Gasteiger partial charge in [0, 0.05) is 0 Å². The number of ether oxygens (including phenoxy) is 1. The first-order valence-corrected chi connectivity index (χ1v) is 9.47. The highest BCUT2D eigenvalue weighted by Crippen LogP contribution is 2.37. The Bertz CT molecular complexity index is 307. The van der Waals surface area contributed by atoms with Crippen LogP contribution in [0.4, 0.5) is 0 Å². The molecule has 19 heavy (non-hydrogen) atoms. The van der Waals surface area contributed by atoms with Crippen molar-refractivity contribution in [3.63, 3.8) is 0 Å². The van der Waals surface area contributed by atoms with Gasteiger partial charge < -0.3 is 30.2 Å². The Kier molecular flexibility index (Phi) is 5.17. The first kappa shape index (κ1) is 17.0. The van der Waals surface area contributed by atoms with Gasteiger partial charge in [-0.15, -0.1) is 0 Å². The minimum Gasteiger partial charge on any atom is -0.414 e. The first-order chi connectivity index (χ1) is 8.47. The van der Waals surface area contributed by atoms with E-state index in [9.17, 15) is 15.3 Å². The van der Waals surface area contributed by atoms with Gasteiger partial charge in [0.25, 0.3) is 0 Å². The molecule has 2 unspecified atom stereocenters. The lowest BCUT2D eigenvalue weighted by molar-refractivity contribution is -0.247. The average Bonchev–Trinajstić information content (AvgIpc) is 2.28. The predicted octanol–water partition coefficient (Wildman–Crippen LogP) is -0.225. The van der Waals surface area contributed by atoms with Gasteiger partial charge in [0.1, 0.15) is 18.3 Å². The molecule has 7 heteroatoms. The van der Waals surface area contributed by atoms with Crippen molar-refractivity contribution >= 4 is 8.32 Å². The maximum absolute atomic E-state index is 9.89. The zero-order valence-electron chi connectivity index (χ0n) is 12.3. The van der Waals surface area contributed by atoms with Crippen LogP contribution in [0.1, 0.15) is 20.8 Å². The van der Waals surface area contributed by atoms with Crippen LogP contribution in [-0.4, -0.2) is 60.9 Å².